The summed E-state index contributed by atoms with van der Waals surface area (Å²) in [7, 11) is 1.71. The lowest BCUT2D eigenvalue weighted by molar-refractivity contribution is 0.415. The molecule has 2 N–H and O–H groups in total. The van der Waals surface area contributed by atoms with Gasteiger partial charge in [0.05, 0.1) is 7.11 Å². The van der Waals surface area contributed by atoms with Crippen LogP contribution in [0.1, 0.15) is 55.4 Å². The van der Waals surface area contributed by atoms with Gasteiger partial charge >= 0.3 is 0 Å². The number of aromatic hydroxyl groups is 1. The molecule has 0 bridgehead atoms. The lowest BCUT2D eigenvalue weighted by Gasteiger charge is -2.23. The highest BCUT2D eigenvalue weighted by atomic mass is 16.5. The molecule has 1 aliphatic carbocycles. The Hall–Kier alpha value is -3.42. The highest BCUT2D eigenvalue weighted by Crippen LogP contribution is 2.24. The van der Waals surface area contributed by atoms with Crippen molar-refractivity contribution in [3.05, 3.63) is 89.0 Å². The van der Waals surface area contributed by atoms with Gasteiger partial charge in [-0.3, -0.25) is 0 Å². The van der Waals surface area contributed by atoms with E-state index in [9.17, 15) is 5.11 Å². The van der Waals surface area contributed by atoms with Crippen LogP contribution in [-0.2, 0) is 25.8 Å². The van der Waals surface area contributed by atoms with Gasteiger partial charge in [0.2, 0.25) is 0 Å². The standard InChI is InChI=1S/C21H30N2O.C10H12O.C2H2/c1-4-14-22-15-13-18-9-11-19(12-10-18)17-23(5-2)20-7-6-8-21(16-20)24-3;11-10-6-5-8-3-1-2-4-9(8)7-10;1-2/h6-12,16,22H,4-5,13-15,17H2,1-3H3;5-7,11H,1-4H2;1-2H. The third kappa shape index (κ3) is 10.2. The largest absolute Gasteiger partial charge is 0.508 e. The molecule has 1 aliphatic rings. The zero-order chi connectivity index (χ0) is 26.9. The third-order valence-corrected chi connectivity index (χ3v) is 6.55. The van der Waals surface area contributed by atoms with Gasteiger partial charge in [0.25, 0.3) is 0 Å². The number of phenols is 1. The number of benzene rings is 3. The number of anilines is 1. The van der Waals surface area contributed by atoms with Crippen LogP contribution in [0.5, 0.6) is 11.5 Å². The smallest absolute Gasteiger partial charge is 0.120 e. The monoisotopic (exact) mass is 500 g/mol. The number of methoxy groups -OCH3 is 1. The molecule has 37 heavy (non-hydrogen) atoms. The number of rotatable bonds is 10. The van der Waals surface area contributed by atoms with Crippen molar-refractivity contribution in [2.75, 3.05) is 31.6 Å². The van der Waals surface area contributed by atoms with Crippen molar-refractivity contribution in [1.29, 1.82) is 0 Å². The average Bonchev–Trinajstić information content (AvgIpc) is 2.96. The lowest BCUT2D eigenvalue weighted by atomic mass is 9.92. The second-order valence-corrected chi connectivity index (χ2v) is 9.19. The number of aryl methyl sites for hydroxylation is 2. The van der Waals surface area contributed by atoms with E-state index in [0.29, 0.717) is 5.75 Å². The predicted molar refractivity (Wildman–Crippen MR) is 158 cm³/mol. The minimum absolute atomic E-state index is 0.408. The summed E-state index contributed by atoms with van der Waals surface area (Å²) in [5, 5.41) is 12.6. The van der Waals surface area contributed by atoms with Crippen molar-refractivity contribution < 1.29 is 9.84 Å². The maximum Gasteiger partial charge on any atom is 0.120 e. The molecule has 0 saturated heterocycles. The fraction of sp³-hybridized carbons (Fsp3) is 0.394. The minimum atomic E-state index is 0.408. The number of fused-ring (bicyclic) bond motifs is 1. The molecule has 4 nitrogen and oxygen atoms in total. The molecule has 4 heteroatoms. The Labute approximate surface area is 224 Å². The Kier molecular flexibility index (Phi) is 13.8. The first kappa shape index (κ1) is 29.8. The number of terminal acetylenes is 1. The zero-order valence-electron chi connectivity index (χ0n) is 22.9. The molecule has 3 aromatic carbocycles. The van der Waals surface area contributed by atoms with E-state index in [1.165, 1.54) is 53.6 Å². The van der Waals surface area contributed by atoms with E-state index in [2.05, 4.69) is 73.3 Å². The summed E-state index contributed by atoms with van der Waals surface area (Å²) in [5.41, 5.74) is 6.70. The van der Waals surface area contributed by atoms with Crippen LogP contribution in [0.15, 0.2) is 66.7 Å². The van der Waals surface area contributed by atoms with E-state index in [-0.39, 0.29) is 0 Å². The van der Waals surface area contributed by atoms with Gasteiger partial charge in [0, 0.05) is 24.8 Å². The Bertz CT molecular complexity index is 1060. The Morgan fingerprint density at radius 1 is 0.865 bits per heavy atom. The molecule has 0 amide bonds. The van der Waals surface area contributed by atoms with Gasteiger partial charge in [0.15, 0.2) is 0 Å². The topological polar surface area (TPSA) is 44.7 Å². The lowest BCUT2D eigenvalue weighted by Crippen LogP contribution is -2.22. The average molecular weight is 501 g/mol. The molecule has 0 heterocycles. The quantitative estimate of drug-likeness (QED) is 0.238. The first-order chi connectivity index (χ1) is 18.1. The normalized spacial score (nSPS) is 11.7. The molecule has 0 aromatic heterocycles. The SMILES string of the molecule is C#C.CCCNCCc1ccc(CN(CC)c2cccc(OC)c2)cc1.Oc1ccc2c(c1)CCCC2. The van der Waals surface area contributed by atoms with Crippen molar-refractivity contribution in [2.24, 2.45) is 0 Å². The van der Waals surface area contributed by atoms with Crippen LogP contribution < -0.4 is 15.0 Å². The summed E-state index contributed by atoms with van der Waals surface area (Å²) in [4.78, 5) is 2.36. The van der Waals surface area contributed by atoms with Crippen LogP contribution in [0.2, 0.25) is 0 Å². The van der Waals surface area contributed by atoms with Gasteiger partial charge in [-0.2, -0.15) is 0 Å². The first-order valence-electron chi connectivity index (χ1n) is 13.4. The molecule has 3 aromatic rings. The molecule has 0 fully saturated rings. The molecular weight excluding hydrogens is 456 g/mol. The summed E-state index contributed by atoms with van der Waals surface area (Å²) < 4.78 is 5.34. The predicted octanol–water partition coefficient (Wildman–Crippen LogP) is 6.78. The van der Waals surface area contributed by atoms with E-state index in [0.717, 1.165) is 44.8 Å². The van der Waals surface area contributed by atoms with Crippen molar-refractivity contribution in [3.63, 3.8) is 0 Å². The molecular formula is C33H44N2O2. The Balaban J connectivity index is 0.000000306. The number of hydrogen-bond acceptors (Lipinski definition) is 4. The summed E-state index contributed by atoms with van der Waals surface area (Å²) >= 11 is 0. The van der Waals surface area contributed by atoms with Crippen LogP contribution in [0.3, 0.4) is 0 Å². The third-order valence-electron chi connectivity index (χ3n) is 6.55. The fourth-order valence-corrected chi connectivity index (χ4v) is 4.48. The maximum atomic E-state index is 9.19. The first-order valence-corrected chi connectivity index (χ1v) is 13.4. The van der Waals surface area contributed by atoms with Crippen molar-refractivity contribution >= 4 is 5.69 Å². The molecule has 4 rings (SSSR count). The van der Waals surface area contributed by atoms with E-state index >= 15 is 0 Å². The van der Waals surface area contributed by atoms with Crippen LogP contribution >= 0.6 is 0 Å². The number of nitrogens with zero attached hydrogens (tertiary/aromatic N) is 1. The van der Waals surface area contributed by atoms with E-state index in [4.69, 9.17) is 4.74 Å². The molecule has 0 saturated carbocycles. The van der Waals surface area contributed by atoms with E-state index in [1.807, 2.05) is 24.3 Å². The number of hydrogen-bond donors (Lipinski definition) is 2. The van der Waals surface area contributed by atoms with Gasteiger partial charge in [-0.05, 0) is 105 Å². The minimum Gasteiger partial charge on any atom is -0.508 e. The number of ether oxygens (including phenoxy) is 1. The van der Waals surface area contributed by atoms with E-state index in [1.54, 1.807) is 13.2 Å². The highest BCUT2D eigenvalue weighted by molar-refractivity contribution is 5.51. The molecule has 0 spiro atoms. The molecule has 0 radical (unpaired) electrons. The van der Waals surface area contributed by atoms with Crippen LogP contribution in [0, 0.1) is 12.8 Å². The summed E-state index contributed by atoms with van der Waals surface area (Å²) in [6, 6.07) is 23.0. The van der Waals surface area contributed by atoms with Gasteiger partial charge in [0.1, 0.15) is 11.5 Å². The van der Waals surface area contributed by atoms with Crippen molar-refractivity contribution in [3.8, 4) is 24.3 Å². The summed E-state index contributed by atoms with van der Waals surface area (Å²) in [6.07, 6.45) is 15.2. The molecule has 198 valence electrons. The summed E-state index contributed by atoms with van der Waals surface area (Å²) in [6.45, 7) is 8.42. The van der Waals surface area contributed by atoms with E-state index < -0.39 is 0 Å². The number of nitrogens with one attached hydrogen (secondary N) is 1. The molecule has 0 atom stereocenters. The van der Waals surface area contributed by atoms with Gasteiger partial charge < -0.3 is 20.1 Å². The maximum absolute atomic E-state index is 9.19. The second-order valence-electron chi connectivity index (χ2n) is 9.19. The van der Waals surface area contributed by atoms with Gasteiger partial charge in [-0.15, -0.1) is 12.8 Å². The van der Waals surface area contributed by atoms with Crippen LogP contribution in [0.25, 0.3) is 0 Å². The second kappa shape index (κ2) is 17.1. The summed E-state index contributed by atoms with van der Waals surface area (Å²) in [5.74, 6) is 1.31. The molecule has 0 unspecified atom stereocenters. The van der Waals surface area contributed by atoms with Gasteiger partial charge in [-0.25, -0.2) is 0 Å². The Morgan fingerprint density at radius 3 is 2.24 bits per heavy atom. The number of phenolic OH excluding ortho intramolecular Hbond substituents is 1. The van der Waals surface area contributed by atoms with Gasteiger partial charge in [-0.1, -0.05) is 43.3 Å². The van der Waals surface area contributed by atoms with Crippen LogP contribution in [0.4, 0.5) is 5.69 Å². The fourth-order valence-electron chi connectivity index (χ4n) is 4.48. The highest BCUT2D eigenvalue weighted by Gasteiger charge is 2.09. The van der Waals surface area contributed by atoms with Crippen LogP contribution in [-0.4, -0.2) is 31.9 Å². The zero-order valence-corrected chi connectivity index (χ0v) is 22.9. The van der Waals surface area contributed by atoms with Crippen molar-refractivity contribution in [1.82, 2.24) is 5.32 Å². The molecule has 0 aliphatic heterocycles. The Morgan fingerprint density at radius 2 is 1.57 bits per heavy atom. The van der Waals surface area contributed by atoms with Crippen molar-refractivity contribution in [2.45, 2.75) is 58.9 Å².